The Kier molecular flexibility index (Phi) is 7.75. The van der Waals surface area contributed by atoms with Crippen molar-refractivity contribution in [2.45, 2.75) is 26.3 Å². The molecule has 0 bridgehead atoms. The van der Waals surface area contributed by atoms with Gasteiger partial charge in [-0.2, -0.15) is 0 Å². The molecule has 0 unspecified atom stereocenters. The highest BCUT2D eigenvalue weighted by molar-refractivity contribution is 5.93. The van der Waals surface area contributed by atoms with E-state index >= 15 is 0 Å². The Morgan fingerprint density at radius 3 is 2.90 bits per heavy atom. The molecule has 6 nitrogen and oxygen atoms in total. The maximum atomic E-state index is 12.0. The molecule has 1 amide bonds. The van der Waals surface area contributed by atoms with Crippen molar-refractivity contribution in [3.05, 3.63) is 18.0 Å². The number of aromatic nitrogens is 1. The molecule has 0 aromatic carbocycles. The summed E-state index contributed by atoms with van der Waals surface area (Å²) in [5.74, 6) is -0.0907. The molecule has 3 N–H and O–H groups in total. The van der Waals surface area contributed by atoms with Crippen LogP contribution >= 0.6 is 0 Å². The van der Waals surface area contributed by atoms with Crippen molar-refractivity contribution in [1.29, 1.82) is 0 Å². The van der Waals surface area contributed by atoms with Crippen LogP contribution in [0.25, 0.3) is 0 Å². The van der Waals surface area contributed by atoms with Crippen LogP contribution in [0.3, 0.4) is 0 Å². The average molecular weight is 283 g/mol. The molecule has 0 radical (unpaired) electrons. The van der Waals surface area contributed by atoms with Gasteiger partial charge in [0, 0.05) is 33.0 Å². The van der Waals surface area contributed by atoms with E-state index in [-0.39, 0.29) is 5.91 Å². The average Bonchev–Trinajstić information content (AvgIpc) is 2.79. The van der Waals surface area contributed by atoms with Gasteiger partial charge in [-0.3, -0.25) is 4.79 Å². The molecule has 1 rings (SSSR count). The fourth-order valence-electron chi connectivity index (χ4n) is 1.86. The maximum absolute atomic E-state index is 12.0. The third kappa shape index (κ3) is 5.63. The summed E-state index contributed by atoms with van der Waals surface area (Å²) in [6, 6.07) is 1.71. The highest BCUT2D eigenvalue weighted by Gasteiger charge is 2.11. The normalized spacial score (nSPS) is 10.7. The summed E-state index contributed by atoms with van der Waals surface area (Å²) in [6.45, 7) is 5.23. The lowest BCUT2D eigenvalue weighted by Gasteiger charge is -2.08. The van der Waals surface area contributed by atoms with Crippen LogP contribution in [0.2, 0.25) is 0 Å². The van der Waals surface area contributed by atoms with E-state index in [1.165, 1.54) is 0 Å². The first-order chi connectivity index (χ1) is 9.69. The molecule has 20 heavy (non-hydrogen) atoms. The summed E-state index contributed by atoms with van der Waals surface area (Å²) in [6.07, 6.45) is 3.54. The van der Waals surface area contributed by atoms with Gasteiger partial charge in [0.25, 0.3) is 5.91 Å². The Bertz CT molecular complexity index is 404. The first-order valence-electron chi connectivity index (χ1n) is 6.99. The van der Waals surface area contributed by atoms with Crippen LogP contribution in [0.1, 0.15) is 30.3 Å². The lowest BCUT2D eigenvalue weighted by Crippen LogP contribution is -2.27. The number of hydrogen-bond acceptors (Lipinski definition) is 4. The molecular formula is C14H25N3O3. The van der Waals surface area contributed by atoms with Crippen molar-refractivity contribution >= 4 is 11.6 Å². The van der Waals surface area contributed by atoms with Gasteiger partial charge in [0.15, 0.2) is 0 Å². The van der Waals surface area contributed by atoms with Crippen LogP contribution in [0.5, 0.6) is 0 Å². The number of nitrogens with one attached hydrogen (secondary N) is 1. The smallest absolute Gasteiger partial charge is 0.267 e. The number of carbonyl (C=O) groups excluding carboxylic acids is 1. The highest BCUT2D eigenvalue weighted by Crippen LogP contribution is 2.11. The molecule has 0 aliphatic carbocycles. The number of nitrogen functional groups attached to an aromatic ring is 1. The van der Waals surface area contributed by atoms with E-state index in [1.807, 2.05) is 4.57 Å². The van der Waals surface area contributed by atoms with Gasteiger partial charge in [-0.15, -0.1) is 0 Å². The highest BCUT2D eigenvalue weighted by atomic mass is 16.5. The summed E-state index contributed by atoms with van der Waals surface area (Å²) in [4.78, 5) is 12.0. The zero-order chi connectivity index (χ0) is 14.8. The van der Waals surface area contributed by atoms with Crippen molar-refractivity contribution in [2.24, 2.45) is 0 Å². The molecule has 1 aromatic rings. The van der Waals surface area contributed by atoms with Crippen LogP contribution in [-0.4, -0.2) is 43.9 Å². The molecule has 6 heteroatoms. The van der Waals surface area contributed by atoms with Gasteiger partial charge in [-0.25, -0.2) is 0 Å². The molecule has 0 atom stereocenters. The number of ether oxygens (including phenoxy) is 2. The second-order valence-electron chi connectivity index (χ2n) is 4.57. The van der Waals surface area contributed by atoms with Crippen molar-refractivity contribution in [1.82, 2.24) is 9.88 Å². The van der Waals surface area contributed by atoms with Crippen molar-refractivity contribution in [3.63, 3.8) is 0 Å². The van der Waals surface area contributed by atoms with Crippen LogP contribution in [0, 0.1) is 0 Å². The van der Waals surface area contributed by atoms with Gasteiger partial charge in [-0.1, -0.05) is 6.92 Å². The van der Waals surface area contributed by atoms with E-state index in [2.05, 4.69) is 12.2 Å². The van der Waals surface area contributed by atoms with Crippen LogP contribution in [0.4, 0.5) is 5.69 Å². The van der Waals surface area contributed by atoms with E-state index in [0.29, 0.717) is 37.7 Å². The summed E-state index contributed by atoms with van der Waals surface area (Å²) in [5.41, 5.74) is 6.97. The lowest BCUT2D eigenvalue weighted by atomic mass is 10.3. The SMILES string of the molecule is CCCn1cc(N)cc1C(=O)NCCCOCCOC. The van der Waals surface area contributed by atoms with Gasteiger partial charge >= 0.3 is 0 Å². The van der Waals surface area contributed by atoms with Crippen molar-refractivity contribution in [2.75, 3.05) is 39.2 Å². The summed E-state index contributed by atoms with van der Waals surface area (Å²) < 4.78 is 12.1. The Labute approximate surface area is 120 Å². The third-order valence-electron chi connectivity index (χ3n) is 2.80. The topological polar surface area (TPSA) is 78.5 Å². The van der Waals surface area contributed by atoms with Gasteiger partial charge in [0.1, 0.15) is 5.69 Å². The minimum atomic E-state index is -0.0907. The molecular weight excluding hydrogens is 258 g/mol. The minimum absolute atomic E-state index is 0.0907. The second kappa shape index (κ2) is 9.39. The zero-order valence-corrected chi connectivity index (χ0v) is 12.4. The fourth-order valence-corrected chi connectivity index (χ4v) is 1.86. The zero-order valence-electron chi connectivity index (χ0n) is 12.4. The predicted molar refractivity (Wildman–Crippen MR) is 78.8 cm³/mol. The Morgan fingerprint density at radius 1 is 1.40 bits per heavy atom. The van der Waals surface area contributed by atoms with Gasteiger partial charge in [0.2, 0.25) is 0 Å². The van der Waals surface area contributed by atoms with Crippen LogP contribution in [0.15, 0.2) is 12.3 Å². The predicted octanol–water partition coefficient (Wildman–Crippen LogP) is 1.26. The van der Waals surface area contributed by atoms with Crippen LogP contribution < -0.4 is 11.1 Å². The molecule has 0 aliphatic heterocycles. The molecule has 0 saturated heterocycles. The number of nitrogens with zero attached hydrogens (tertiary/aromatic N) is 1. The molecule has 1 aromatic heterocycles. The summed E-state index contributed by atoms with van der Waals surface area (Å²) in [5, 5.41) is 2.88. The Morgan fingerprint density at radius 2 is 2.20 bits per heavy atom. The number of amides is 1. The number of rotatable bonds is 10. The fraction of sp³-hybridized carbons (Fsp3) is 0.643. The molecule has 0 saturated carbocycles. The summed E-state index contributed by atoms with van der Waals surface area (Å²) in [7, 11) is 1.64. The molecule has 114 valence electrons. The number of methoxy groups -OCH3 is 1. The van der Waals surface area contributed by atoms with Crippen LogP contribution in [-0.2, 0) is 16.0 Å². The number of anilines is 1. The van der Waals surface area contributed by atoms with Gasteiger partial charge in [-0.05, 0) is 18.9 Å². The first kappa shape index (κ1) is 16.5. The van der Waals surface area contributed by atoms with Crippen molar-refractivity contribution in [3.8, 4) is 0 Å². The molecule has 0 fully saturated rings. The number of aryl methyl sites for hydroxylation is 1. The largest absolute Gasteiger partial charge is 0.397 e. The van der Waals surface area contributed by atoms with E-state index in [9.17, 15) is 4.79 Å². The lowest BCUT2D eigenvalue weighted by molar-refractivity contribution is 0.0688. The van der Waals surface area contributed by atoms with Crippen molar-refractivity contribution < 1.29 is 14.3 Å². The number of carbonyl (C=O) groups is 1. The minimum Gasteiger partial charge on any atom is -0.397 e. The van der Waals surface area contributed by atoms with Gasteiger partial charge in [0.05, 0.1) is 18.9 Å². The van der Waals surface area contributed by atoms with E-state index in [4.69, 9.17) is 15.2 Å². The van der Waals surface area contributed by atoms with E-state index < -0.39 is 0 Å². The van der Waals surface area contributed by atoms with E-state index in [1.54, 1.807) is 19.4 Å². The maximum Gasteiger partial charge on any atom is 0.267 e. The van der Waals surface area contributed by atoms with E-state index in [0.717, 1.165) is 19.4 Å². The number of hydrogen-bond donors (Lipinski definition) is 2. The standard InChI is InChI=1S/C14H25N3O3/c1-3-6-17-11-12(15)10-13(17)14(18)16-5-4-7-20-9-8-19-2/h10-11H,3-9,15H2,1-2H3,(H,16,18). The molecule has 0 spiro atoms. The quantitative estimate of drug-likeness (QED) is 0.634. The molecule has 1 heterocycles. The molecule has 0 aliphatic rings. The summed E-state index contributed by atoms with van der Waals surface area (Å²) >= 11 is 0. The Hall–Kier alpha value is -1.53. The Balaban J connectivity index is 2.28. The number of nitrogens with two attached hydrogens (primary N) is 1. The second-order valence-corrected chi connectivity index (χ2v) is 4.57. The first-order valence-corrected chi connectivity index (χ1v) is 6.99. The third-order valence-corrected chi connectivity index (χ3v) is 2.80. The van der Waals surface area contributed by atoms with Gasteiger partial charge < -0.3 is 25.1 Å². The monoisotopic (exact) mass is 283 g/mol.